The summed E-state index contributed by atoms with van der Waals surface area (Å²) >= 11 is 6.27. The Labute approximate surface area is 263 Å². The van der Waals surface area contributed by atoms with Gasteiger partial charge in [-0.25, -0.2) is 12.8 Å². The number of carbonyl (C=O) groups is 2. The summed E-state index contributed by atoms with van der Waals surface area (Å²) in [5.74, 6) is -1.57. The van der Waals surface area contributed by atoms with Crippen LogP contribution in [0.25, 0.3) is 0 Å². The molecule has 0 aliphatic heterocycles. The van der Waals surface area contributed by atoms with Crippen LogP contribution in [-0.4, -0.2) is 43.3 Å². The monoisotopic (exact) mass is 635 g/mol. The van der Waals surface area contributed by atoms with E-state index in [4.69, 9.17) is 11.6 Å². The molecule has 0 saturated carbocycles. The Morgan fingerprint density at radius 3 is 2.02 bits per heavy atom. The van der Waals surface area contributed by atoms with Crippen LogP contribution in [0.15, 0.2) is 114 Å². The van der Waals surface area contributed by atoms with E-state index in [0.29, 0.717) is 10.6 Å². The molecular weight excluding hydrogens is 601 g/mol. The van der Waals surface area contributed by atoms with Crippen molar-refractivity contribution in [3.63, 3.8) is 0 Å². The van der Waals surface area contributed by atoms with Gasteiger partial charge in [0.05, 0.1) is 10.6 Å². The standard InChI is InChI=1S/C34H35ClFN3O4S/c1-34(2,3)37-33(41)31(22-25-11-6-4-7-12-25)38(23-26-13-10-14-27(35)21-26)32(40)24-39(29-19-17-28(36)18-20-29)44(42,43)30-15-8-5-9-16-30/h4-21,31H,22-24H2,1-3H3,(H,37,41)/t31-/m1/s1. The maximum absolute atomic E-state index is 14.4. The minimum Gasteiger partial charge on any atom is -0.350 e. The fourth-order valence-corrected chi connectivity index (χ4v) is 6.34. The number of nitrogens with one attached hydrogen (secondary N) is 1. The van der Waals surface area contributed by atoms with Crippen molar-refractivity contribution >= 4 is 39.1 Å². The highest BCUT2D eigenvalue weighted by Crippen LogP contribution is 2.26. The fourth-order valence-electron chi connectivity index (χ4n) is 4.69. The van der Waals surface area contributed by atoms with Crippen LogP contribution in [0.1, 0.15) is 31.9 Å². The van der Waals surface area contributed by atoms with Crippen molar-refractivity contribution in [2.24, 2.45) is 0 Å². The SMILES string of the molecule is CC(C)(C)NC(=O)[C@@H](Cc1ccccc1)N(Cc1cccc(Cl)c1)C(=O)CN(c1ccc(F)cc1)S(=O)(=O)c1ccccc1. The molecule has 44 heavy (non-hydrogen) atoms. The van der Waals surface area contributed by atoms with Gasteiger partial charge in [-0.15, -0.1) is 0 Å². The van der Waals surface area contributed by atoms with Crippen LogP contribution < -0.4 is 9.62 Å². The molecule has 0 bridgehead atoms. The lowest BCUT2D eigenvalue weighted by Gasteiger charge is -2.35. The number of anilines is 1. The average molecular weight is 636 g/mol. The van der Waals surface area contributed by atoms with E-state index in [1.165, 1.54) is 29.2 Å². The molecule has 7 nitrogen and oxygen atoms in total. The highest BCUT2D eigenvalue weighted by atomic mass is 35.5. The molecule has 0 heterocycles. The number of hydrogen-bond acceptors (Lipinski definition) is 4. The second kappa shape index (κ2) is 14.1. The molecule has 0 spiro atoms. The molecule has 4 aromatic rings. The molecule has 0 aliphatic rings. The molecule has 1 N–H and O–H groups in total. The lowest BCUT2D eigenvalue weighted by atomic mass is 10.0. The van der Waals surface area contributed by atoms with Gasteiger partial charge in [-0.3, -0.25) is 13.9 Å². The first kappa shape index (κ1) is 32.7. The Hall–Kier alpha value is -4.21. The summed E-state index contributed by atoms with van der Waals surface area (Å²) in [5.41, 5.74) is 0.975. The lowest BCUT2D eigenvalue weighted by molar-refractivity contribution is -0.140. The van der Waals surface area contributed by atoms with Crippen LogP contribution in [0, 0.1) is 5.82 Å². The van der Waals surface area contributed by atoms with Crippen molar-refractivity contribution in [1.29, 1.82) is 0 Å². The zero-order valence-electron chi connectivity index (χ0n) is 24.8. The Balaban J connectivity index is 1.81. The molecule has 0 saturated heterocycles. The summed E-state index contributed by atoms with van der Waals surface area (Å²) in [4.78, 5) is 29.6. The first-order chi connectivity index (χ1) is 20.8. The summed E-state index contributed by atoms with van der Waals surface area (Å²) in [5, 5.41) is 3.44. The zero-order valence-corrected chi connectivity index (χ0v) is 26.4. The Morgan fingerprint density at radius 2 is 1.43 bits per heavy atom. The smallest absolute Gasteiger partial charge is 0.264 e. The van der Waals surface area contributed by atoms with Crippen molar-refractivity contribution in [2.75, 3.05) is 10.8 Å². The van der Waals surface area contributed by atoms with Gasteiger partial charge in [0.1, 0.15) is 18.4 Å². The average Bonchev–Trinajstić information content (AvgIpc) is 2.98. The van der Waals surface area contributed by atoms with Crippen molar-refractivity contribution in [3.8, 4) is 0 Å². The number of carbonyl (C=O) groups excluding carboxylic acids is 2. The molecule has 2 amide bonds. The molecule has 0 radical (unpaired) electrons. The molecule has 230 valence electrons. The zero-order chi connectivity index (χ0) is 31.9. The lowest BCUT2D eigenvalue weighted by Crippen LogP contribution is -2.56. The maximum atomic E-state index is 14.4. The van der Waals surface area contributed by atoms with Gasteiger partial charge in [-0.05, 0) is 80.4 Å². The predicted octanol–water partition coefficient (Wildman–Crippen LogP) is 6.23. The van der Waals surface area contributed by atoms with Crippen LogP contribution in [0.5, 0.6) is 0 Å². The minimum atomic E-state index is -4.27. The van der Waals surface area contributed by atoms with Gasteiger partial charge in [-0.2, -0.15) is 0 Å². The van der Waals surface area contributed by atoms with Gasteiger partial charge in [0.25, 0.3) is 10.0 Å². The van der Waals surface area contributed by atoms with Crippen LogP contribution in [0.2, 0.25) is 5.02 Å². The number of halogens is 2. The van der Waals surface area contributed by atoms with Crippen LogP contribution in [0.4, 0.5) is 10.1 Å². The Bertz CT molecular complexity index is 1680. The number of rotatable bonds is 11. The van der Waals surface area contributed by atoms with E-state index in [1.54, 1.807) is 42.5 Å². The summed E-state index contributed by atoms with van der Waals surface area (Å²) in [6, 6.07) is 27.8. The normalized spacial score (nSPS) is 12.3. The first-order valence-electron chi connectivity index (χ1n) is 14.1. The van der Waals surface area contributed by atoms with E-state index in [-0.39, 0.29) is 23.5 Å². The topological polar surface area (TPSA) is 86.8 Å². The summed E-state index contributed by atoms with van der Waals surface area (Å²) in [6.07, 6.45) is 0.178. The Morgan fingerprint density at radius 1 is 0.841 bits per heavy atom. The van der Waals surface area contributed by atoms with E-state index >= 15 is 0 Å². The molecule has 0 unspecified atom stereocenters. The van der Waals surface area contributed by atoms with Crippen LogP contribution in [-0.2, 0) is 32.6 Å². The van der Waals surface area contributed by atoms with Gasteiger partial charge in [0, 0.05) is 23.5 Å². The first-order valence-corrected chi connectivity index (χ1v) is 15.9. The van der Waals surface area contributed by atoms with E-state index in [9.17, 15) is 22.4 Å². The van der Waals surface area contributed by atoms with E-state index in [2.05, 4.69) is 5.32 Å². The number of hydrogen-bond donors (Lipinski definition) is 1. The number of amides is 2. The minimum absolute atomic E-state index is 0.0168. The fraction of sp³-hybridized carbons (Fsp3) is 0.235. The molecule has 0 aliphatic carbocycles. The quantitative estimate of drug-likeness (QED) is 0.212. The van der Waals surface area contributed by atoms with Crippen molar-refractivity contribution in [3.05, 3.63) is 131 Å². The third-order valence-corrected chi connectivity index (χ3v) is 8.76. The summed E-state index contributed by atoms with van der Waals surface area (Å²) in [6.45, 7) is 4.87. The third kappa shape index (κ3) is 8.67. The molecular formula is C34H35ClFN3O4S. The van der Waals surface area contributed by atoms with E-state index < -0.39 is 45.8 Å². The molecule has 10 heteroatoms. The van der Waals surface area contributed by atoms with E-state index in [1.807, 2.05) is 51.1 Å². The van der Waals surface area contributed by atoms with Crippen LogP contribution >= 0.6 is 11.6 Å². The third-order valence-electron chi connectivity index (χ3n) is 6.74. The number of nitrogens with zero attached hydrogens (tertiary/aromatic N) is 2. The van der Waals surface area contributed by atoms with Crippen molar-refractivity contribution in [2.45, 2.75) is 50.2 Å². The summed E-state index contributed by atoms with van der Waals surface area (Å²) in [7, 11) is -4.27. The Kier molecular flexibility index (Phi) is 10.4. The van der Waals surface area contributed by atoms with Gasteiger partial charge >= 0.3 is 0 Å². The van der Waals surface area contributed by atoms with Crippen LogP contribution in [0.3, 0.4) is 0 Å². The van der Waals surface area contributed by atoms with Gasteiger partial charge in [0.2, 0.25) is 11.8 Å². The van der Waals surface area contributed by atoms with Gasteiger partial charge < -0.3 is 10.2 Å². The van der Waals surface area contributed by atoms with Crippen molar-refractivity contribution < 1.29 is 22.4 Å². The highest BCUT2D eigenvalue weighted by Gasteiger charge is 2.35. The molecule has 4 rings (SSSR count). The largest absolute Gasteiger partial charge is 0.350 e. The molecule has 4 aromatic carbocycles. The number of benzene rings is 4. The molecule has 1 atom stereocenters. The highest BCUT2D eigenvalue weighted by molar-refractivity contribution is 7.92. The maximum Gasteiger partial charge on any atom is 0.264 e. The summed E-state index contributed by atoms with van der Waals surface area (Å²) < 4.78 is 42.7. The van der Waals surface area contributed by atoms with Gasteiger partial charge in [-0.1, -0.05) is 72.3 Å². The molecule has 0 fully saturated rings. The molecule has 0 aromatic heterocycles. The second-order valence-corrected chi connectivity index (χ2v) is 13.7. The number of sulfonamides is 1. The second-order valence-electron chi connectivity index (χ2n) is 11.4. The van der Waals surface area contributed by atoms with Crippen molar-refractivity contribution in [1.82, 2.24) is 10.2 Å². The predicted molar refractivity (Wildman–Crippen MR) is 171 cm³/mol. The van der Waals surface area contributed by atoms with Gasteiger partial charge in [0.15, 0.2) is 0 Å². The van der Waals surface area contributed by atoms with E-state index in [0.717, 1.165) is 22.0 Å².